The first-order valence-corrected chi connectivity index (χ1v) is 5.08. The third-order valence-electron chi connectivity index (χ3n) is 1.90. The SMILES string of the molecule is CNCc1ccc(OCC=C(C)C)cn1. The molecule has 15 heavy (non-hydrogen) atoms. The number of aromatic nitrogens is 1. The summed E-state index contributed by atoms with van der Waals surface area (Å²) in [7, 11) is 1.90. The number of pyridine rings is 1. The molecule has 82 valence electrons. The van der Waals surface area contributed by atoms with Crippen LogP contribution in [0.3, 0.4) is 0 Å². The highest BCUT2D eigenvalue weighted by Crippen LogP contribution is 2.09. The predicted molar refractivity (Wildman–Crippen MR) is 61.9 cm³/mol. The fraction of sp³-hybridized carbons (Fsp3) is 0.417. The Bertz CT molecular complexity index is 313. The van der Waals surface area contributed by atoms with Crippen LogP contribution in [0.4, 0.5) is 0 Å². The quantitative estimate of drug-likeness (QED) is 0.749. The molecule has 0 unspecified atom stereocenters. The van der Waals surface area contributed by atoms with Gasteiger partial charge in [0.15, 0.2) is 0 Å². The number of rotatable bonds is 5. The Hall–Kier alpha value is -1.35. The minimum absolute atomic E-state index is 0.607. The van der Waals surface area contributed by atoms with E-state index in [-0.39, 0.29) is 0 Å². The lowest BCUT2D eigenvalue weighted by Gasteiger charge is -2.04. The number of hydrogen-bond donors (Lipinski definition) is 1. The van der Waals surface area contributed by atoms with Gasteiger partial charge in [-0.1, -0.05) is 5.57 Å². The molecule has 0 radical (unpaired) electrons. The maximum Gasteiger partial charge on any atom is 0.138 e. The van der Waals surface area contributed by atoms with Crippen molar-refractivity contribution in [2.45, 2.75) is 20.4 Å². The van der Waals surface area contributed by atoms with E-state index < -0.39 is 0 Å². The first-order chi connectivity index (χ1) is 7.22. The van der Waals surface area contributed by atoms with Crippen LogP contribution in [0.25, 0.3) is 0 Å². The van der Waals surface area contributed by atoms with Gasteiger partial charge in [0.25, 0.3) is 0 Å². The molecule has 0 aliphatic rings. The summed E-state index contributed by atoms with van der Waals surface area (Å²) in [4.78, 5) is 4.26. The maximum atomic E-state index is 5.49. The van der Waals surface area contributed by atoms with Crippen LogP contribution in [0.15, 0.2) is 30.0 Å². The molecule has 3 heteroatoms. The predicted octanol–water partition coefficient (Wildman–Crippen LogP) is 2.15. The zero-order valence-corrected chi connectivity index (χ0v) is 9.58. The molecule has 3 nitrogen and oxygen atoms in total. The van der Waals surface area contributed by atoms with Gasteiger partial charge in [-0.3, -0.25) is 4.98 Å². The minimum Gasteiger partial charge on any atom is -0.488 e. The zero-order valence-electron chi connectivity index (χ0n) is 9.58. The lowest BCUT2D eigenvalue weighted by molar-refractivity contribution is 0.360. The largest absolute Gasteiger partial charge is 0.488 e. The topological polar surface area (TPSA) is 34.1 Å². The van der Waals surface area contributed by atoms with E-state index in [2.05, 4.69) is 24.1 Å². The molecule has 0 aliphatic heterocycles. The van der Waals surface area contributed by atoms with Crippen LogP contribution in [0, 0.1) is 0 Å². The minimum atomic E-state index is 0.607. The van der Waals surface area contributed by atoms with Crippen molar-refractivity contribution in [3.63, 3.8) is 0 Å². The number of ether oxygens (including phenoxy) is 1. The Morgan fingerprint density at radius 1 is 1.47 bits per heavy atom. The van der Waals surface area contributed by atoms with Gasteiger partial charge in [0, 0.05) is 6.54 Å². The Kier molecular flexibility index (Phi) is 4.84. The molecule has 0 bridgehead atoms. The van der Waals surface area contributed by atoms with E-state index in [0.29, 0.717) is 6.61 Å². The van der Waals surface area contributed by atoms with E-state index in [1.54, 1.807) is 6.20 Å². The molecule has 1 N–H and O–H groups in total. The summed E-state index contributed by atoms with van der Waals surface area (Å²) < 4.78 is 5.49. The summed E-state index contributed by atoms with van der Waals surface area (Å²) in [5, 5.41) is 3.05. The summed E-state index contributed by atoms with van der Waals surface area (Å²) in [6.45, 7) is 5.50. The van der Waals surface area contributed by atoms with Crippen LogP contribution in [0.2, 0.25) is 0 Å². The Balaban J connectivity index is 2.46. The van der Waals surface area contributed by atoms with Gasteiger partial charge in [0.1, 0.15) is 12.4 Å². The van der Waals surface area contributed by atoms with Gasteiger partial charge in [0.05, 0.1) is 11.9 Å². The summed E-state index contributed by atoms with van der Waals surface area (Å²) in [5.41, 5.74) is 2.28. The Morgan fingerprint density at radius 2 is 2.27 bits per heavy atom. The van der Waals surface area contributed by atoms with Gasteiger partial charge in [-0.15, -0.1) is 0 Å². The molecule has 1 rings (SSSR count). The molecule has 0 fully saturated rings. The zero-order chi connectivity index (χ0) is 11.1. The van der Waals surface area contributed by atoms with Gasteiger partial charge in [-0.2, -0.15) is 0 Å². The number of nitrogens with one attached hydrogen (secondary N) is 1. The second-order valence-electron chi connectivity index (χ2n) is 3.61. The van der Waals surface area contributed by atoms with E-state index in [1.165, 1.54) is 5.57 Å². The first-order valence-electron chi connectivity index (χ1n) is 5.08. The van der Waals surface area contributed by atoms with E-state index in [9.17, 15) is 0 Å². The van der Waals surface area contributed by atoms with Crippen molar-refractivity contribution < 1.29 is 4.74 Å². The molecule has 0 aromatic carbocycles. The summed E-state index contributed by atoms with van der Waals surface area (Å²) >= 11 is 0. The van der Waals surface area contributed by atoms with Gasteiger partial charge >= 0.3 is 0 Å². The Labute approximate surface area is 91.2 Å². The number of allylic oxidation sites excluding steroid dienone is 1. The molecular weight excluding hydrogens is 188 g/mol. The average molecular weight is 206 g/mol. The van der Waals surface area contributed by atoms with E-state index >= 15 is 0 Å². The van der Waals surface area contributed by atoms with Gasteiger partial charge in [0.2, 0.25) is 0 Å². The van der Waals surface area contributed by atoms with Crippen molar-refractivity contribution >= 4 is 0 Å². The van der Waals surface area contributed by atoms with E-state index in [1.807, 2.05) is 25.3 Å². The van der Waals surface area contributed by atoms with Crippen LogP contribution in [0.5, 0.6) is 5.75 Å². The van der Waals surface area contributed by atoms with Crippen molar-refractivity contribution in [1.29, 1.82) is 0 Å². The highest BCUT2D eigenvalue weighted by molar-refractivity contribution is 5.20. The highest BCUT2D eigenvalue weighted by Gasteiger charge is 1.94. The molecule has 1 aromatic heterocycles. The fourth-order valence-electron chi connectivity index (χ4n) is 1.09. The second kappa shape index (κ2) is 6.19. The first kappa shape index (κ1) is 11.7. The second-order valence-corrected chi connectivity index (χ2v) is 3.61. The average Bonchev–Trinajstić information content (AvgIpc) is 2.20. The molecule has 1 heterocycles. The maximum absolute atomic E-state index is 5.49. The summed E-state index contributed by atoms with van der Waals surface area (Å²) in [6, 6.07) is 3.91. The van der Waals surface area contributed by atoms with Crippen LogP contribution in [-0.2, 0) is 6.54 Å². The molecule has 0 atom stereocenters. The van der Waals surface area contributed by atoms with Crippen LogP contribution in [0.1, 0.15) is 19.5 Å². The molecule has 0 saturated carbocycles. The van der Waals surface area contributed by atoms with Crippen LogP contribution >= 0.6 is 0 Å². The number of nitrogens with zero attached hydrogens (tertiary/aromatic N) is 1. The van der Waals surface area contributed by atoms with Gasteiger partial charge in [-0.05, 0) is 39.1 Å². The van der Waals surface area contributed by atoms with Crippen molar-refractivity contribution in [3.8, 4) is 5.75 Å². The van der Waals surface area contributed by atoms with E-state index in [0.717, 1.165) is 18.0 Å². The number of hydrogen-bond acceptors (Lipinski definition) is 3. The third kappa shape index (κ3) is 4.61. The molecule has 0 saturated heterocycles. The van der Waals surface area contributed by atoms with E-state index in [4.69, 9.17) is 4.74 Å². The summed E-state index contributed by atoms with van der Waals surface area (Å²) in [5.74, 6) is 0.812. The van der Waals surface area contributed by atoms with Crippen LogP contribution < -0.4 is 10.1 Å². The monoisotopic (exact) mass is 206 g/mol. The van der Waals surface area contributed by atoms with Gasteiger partial charge in [-0.25, -0.2) is 0 Å². The van der Waals surface area contributed by atoms with Crippen molar-refractivity contribution in [3.05, 3.63) is 35.7 Å². The lowest BCUT2D eigenvalue weighted by atomic mass is 10.3. The molecule has 1 aromatic rings. The summed E-state index contributed by atoms with van der Waals surface area (Å²) in [6.07, 6.45) is 3.80. The van der Waals surface area contributed by atoms with Crippen molar-refractivity contribution in [2.75, 3.05) is 13.7 Å². The van der Waals surface area contributed by atoms with Crippen molar-refractivity contribution in [2.24, 2.45) is 0 Å². The van der Waals surface area contributed by atoms with Gasteiger partial charge < -0.3 is 10.1 Å². The standard InChI is InChI=1S/C12H18N2O/c1-10(2)6-7-15-12-5-4-11(8-13-3)14-9-12/h4-6,9,13H,7-8H2,1-3H3. The lowest BCUT2D eigenvalue weighted by Crippen LogP contribution is -2.06. The third-order valence-corrected chi connectivity index (χ3v) is 1.90. The highest BCUT2D eigenvalue weighted by atomic mass is 16.5. The molecule has 0 spiro atoms. The normalized spacial score (nSPS) is 9.80. The van der Waals surface area contributed by atoms with Crippen LogP contribution in [-0.4, -0.2) is 18.6 Å². The molecular formula is C12H18N2O. The van der Waals surface area contributed by atoms with Crippen molar-refractivity contribution in [1.82, 2.24) is 10.3 Å². The Morgan fingerprint density at radius 3 is 2.80 bits per heavy atom. The smallest absolute Gasteiger partial charge is 0.138 e. The molecule has 0 amide bonds. The molecule has 0 aliphatic carbocycles. The fourth-order valence-corrected chi connectivity index (χ4v) is 1.09.